The Kier molecular flexibility index (Phi) is 4.84. The number of pyridine rings is 2. The van der Waals surface area contributed by atoms with Crippen LogP contribution >= 0.6 is 0 Å². The van der Waals surface area contributed by atoms with Crippen LogP contribution in [-0.2, 0) is 0 Å². The molecule has 0 saturated heterocycles. The largest absolute Gasteiger partial charge is 0.490 e. The van der Waals surface area contributed by atoms with Crippen LogP contribution in [0.5, 0.6) is 5.75 Å². The van der Waals surface area contributed by atoms with Gasteiger partial charge in [-0.3, -0.25) is 9.78 Å². The lowest BCUT2D eigenvalue weighted by Crippen LogP contribution is -2.36. The van der Waals surface area contributed by atoms with Gasteiger partial charge in [-0.15, -0.1) is 0 Å². The number of benzene rings is 1. The van der Waals surface area contributed by atoms with Gasteiger partial charge in [-0.2, -0.15) is 0 Å². The summed E-state index contributed by atoms with van der Waals surface area (Å²) in [4.78, 5) is 24.8. The summed E-state index contributed by atoms with van der Waals surface area (Å²) < 4.78 is 33.9. The van der Waals surface area contributed by atoms with Crippen LogP contribution in [0.2, 0.25) is 0 Å². The van der Waals surface area contributed by atoms with Gasteiger partial charge in [0, 0.05) is 36.0 Å². The maximum Gasteiger partial charge on any atom is 0.253 e. The quantitative estimate of drug-likeness (QED) is 0.483. The first-order valence-electron chi connectivity index (χ1n) is 10.3. The van der Waals surface area contributed by atoms with Gasteiger partial charge in [-0.1, -0.05) is 0 Å². The molecule has 5 rings (SSSR count). The van der Waals surface area contributed by atoms with Crippen LogP contribution in [0.25, 0.3) is 22.3 Å². The lowest BCUT2D eigenvalue weighted by atomic mass is 9.96. The SMILES string of the molecule is Cc1c[nH]c2nccc(-c3ccc(C(=O)NC4C[C@H](C)Oc5ccc(F)c(F)c54)cn3)c12. The molecule has 0 spiro atoms. The molecular weight excluding hydrogens is 414 g/mol. The first kappa shape index (κ1) is 20.1. The molecule has 2 atom stereocenters. The Morgan fingerprint density at radius 2 is 2.03 bits per heavy atom. The second-order valence-electron chi connectivity index (χ2n) is 7.95. The number of aryl methyl sites for hydroxylation is 1. The zero-order chi connectivity index (χ0) is 22.4. The van der Waals surface area contributed by atoms with E-state index >= 15 is 0 Å². The monoisotopic (exact) mass is 434 g/mol. The van der Waals surface area contributed by atoms with Gasteiger partial charge in [0.1, 0.15) is 11.4 Å². The predicted molar refractivity (Wildman–Crippen MR) is 115 cm³/mol. The molecule has 3 aromatic heterocycles. The fourth-order valence-corrected chi connectivity index (χ4v) is 4.18. The van der Waals surface area contributed by atoms with E-state index in [0.717, 1.165) is 28.2 Å². The Hall–Kier alpha value is -3.81. The second kappa shape index (κ2) is 7.71. The average molecular weight is 434 g/mol. The van der Waals surface area contributed by atoms with Crippen LogP contribution in [0.1, 0.15) is 40.9 Å². The third kappa shape index (κ3) is 3.37. The minimum Gasteiger partial charge on any atom is -0.490 e. The topological polar surface area (TPSA) is 79.9 Å². The van der Waals surface area contributed by atoms with Gasteiger partial charge in [0.2, 0.25) is 0 Å². The summed E-state index contributed by atoms with van der Waals surface area (Å²) >= 11 is 0. The number of rotatable bonds is 3. The van der Waals surface area contributed by atoms with Crippen molar-refractivity contribution in [1.82, 2.24) is 20.3 Å². The number of halogens is 2. The molecule has 0 fully saturated rings. The van der Waals surface area contributed by atoms with E-state index in [9.17, 15) is 13.6 Å². The molecule has 1 aliphatic heterocycles. The van der Waals surface area contributed by atoms with Gasteiger partial charge in [0.15, 0.2) is 11.6 Å². The minimum absolute atomic E-state index is 0.0307. The number of H-pyrrole nitrogens is 1. The maximum atomic E-state index is 14.5. The van der Waals surface area contributed by atoms with Crippen LogP contribution in [0.4, 0.5) is 8.78 Å². The summed E-state index contributed by atoms with van der Waals surface area (Å²) in [6.45, 7) is 3.80. The molecule has 1 aliphatic rings. The highest BCUT2D eigenvalue weighted by molar-refractivity contribution is 5.96. The van der Waals surface area contributed by atoms with Crippen LogP contribution in [-0.4, -0.2) is 27.0 Å². The van der Waals surface area contributed by atoms with Crippen molar-refractivity contribution in [3.63, 3.8) is 0 Å². The summed E-state index contributed by atoms with van der Waals surface area (Å²) in [7, 11) is 0. The third-order valence-corrected chi connectivity index (χ3v) is 5.71. The average Bonchev–Trinajstić information content (AvgIpc) is 3.17. The summed E-state index contributed by atoms with van der Waals surface area (Å²) in [5.74, 6) is -2.16. The molecule has 4 aromatic rings. The van der Waals surface area contributed by atoms with Crippen molar-refractivity contribution < 1.29 is 18.3 Å². The highest BCUT2D eigenvalue weighted by atomic mass is 19.2. The van der Waals surface area contributed by atoms with Crippen molar-refractivity contribution >= 4 is 16.9 Å². The van der Waals surface area contributed by atoms with Gasteiger partial charge in [-0.05, 0) is 49.7 Å². The number of hydrogen-bond donors (Lipinski definition) is 2. The summed E-state index contributed by atoms with van der Waals surface area (Å²) in [5, 5.41) is 3.78. The number of carbonyl (C=O) groups excluding carboxylic acids is 1. The maximum absolute atomic E-state index is 14.5. The van der Waals surface area contributed by atoms with Gasteiger partial charge in [-0.25, -0.2) is 13.8 Å². The number of nitrogens with zero attached hydrogens (tertiary/aromatic N) is 2. The molecule has 2 N–H and O–H groups in total. The first-order valence-corrected chi connectivity index (χ1v) is 10.3. The fourth-order valence-electron chi connectivity index (χ4n) is 4.18. The molecule has 0 radical (unpaired) electrons. The third-order valence-electron chi connectivity index (χ3n) is 5.71. The van der Waals surface area contributed by atoms with E-state index < -0.39 is 23.6 Å². The molecule has 0 saturated carbocycles. The second-order valence-corrected chi connectivity index (χ2v) is 7.95. The molecule has 8 heteroatoms. The van der Waals surface area contributed by atoms with E-state index in [4.69, 9.17) is 4.74 Å². The molecule has 1 amide bonds. The molecule has 6 nitrogen and oxygen atoms in total. The van der Waals surface area contributed by atoms with Crippen molar-refractivity contribution in [2.75, 3.05) is 0 Å². The van der Waals surface area contributed by atoms with Crippen LogP contribution in [0, 0.1) is 18.6 Å². The molecule has 4 heterocycles. The molecule has 32 heavy (non-hydrogen) atoms. The summed E-state index contributed by atoms with van der Waals surface area (Å²) in [6.07, 6.45) is 5.14. The number of carbonyl (C=O) groups is 1. The van der Waals surface area contributed by atoms with Crippen molar-refractivity contribution in [3.05, 3.63) is 77.2 Å². The summed E-state index contributed by atoms with van der Waals surface area (Å²) in [5.41, 5.74) is 3.78. The van der Waals surface area contributed by atoms with E-state index in [-0.39, 0.29) is 17.4 Å². The molecule has 162 valence electrons. The van der Waals surface area contributed by atoms with Crippen molar-refractivity contribution in [3.8, 4) is 17.0 Å². The Balaban J connectivity index is 1.42. The fraction of sp³-hybridized carbons (Fsp3) is 0.208. The van der Waals surface area contributed by atoms with Gasteiger partial charge >= 0.3 is 0 Å². The highest BCUT2D eigenvalue weighted by Gasteiger charge is 2.31. The normalized spacial score (nSPS) is 17.6. The Bertz CT molecular complexity index is 1330. The predicted octanol–water partition coefficient (Wildman–Crippen LogP) is 4.85. The zero-order valence-corrected chi connectivity index (χ0v) is 17.4. The van der Waals surface area contributed by atoms with E-state index in [1.54, 1.807) is 18.3 Å². The van der Waals surface area contributed by atoms with Crippen LogP contribution in [0.15, 0.2) is 48.9 Å². The van der Waals surface area contributed by atoms with Gasteiger partial charge < -0.3 is 15.0 Å². The number of hydrogen-bond acceptors (Lipinski definition) is 4. The number of aromatic nitrogens is 3. The van der Waals surface area contributed by atoms with Crippen molar-refractivity contribution in [2.45, 2.75) is 32.4 Å². The Labute approximate surface area is 182 Å². The van der Waals surface area contributed by atoms with Gasteiger partial charge in [0.05, 0.1) is 29.0 Å². The number of nitrogens with one attached hydrogen (secondary N) is 2. The molecular formula is C24H20F2N4O2. The summed E-state index contributed by atoms with van der Waals surface area (Å²) in [6, 6.07) is 7.00. The molecule has 1 aromatic carbocycles. The van der Waals surface area contributed by atoms with Crippen LogP contribution < -0.4 is 10.1 Å². The van der Waals surface area contributed by atoms with Crippen molar-refractivity contribution in [2.24, 2.45) is 0 Å². The van der Waals surface area contributed by atoms with Crippen LogP contribution in [0.3, 0.4) is 0 Å². The lowest BCUT2D eigenvalue weighted by Gasteiger charge is -2.31. The van der Waals surface area contributed by atoms with E-state index in [1.807, 2.05) is 26.1 Å². The van der Waals surface area contributed by atoms with E-state index in [1.165, 1.54) is 12.3 Å². The molecule has 0 aliphatic carbocycles. The highest BCUT2D eigenvalue weighted by Crippen LogP contribution is 2.37. The number of ether oxygens (including phenoxy) is 1. The van der Waals surface area contributed by atoms with Crippen molar-refractivity contribution in [1.29, 1.82) is 0 Å². The smallest absolute Gasteiger partial charge is 0.253 e. The Morgan fingerprint density at radius 1 is 1.19 bits per heavy atom. The minimum atomic E-state index is -1.00. The van der Waals surface area contributed by atoms with E-state index in [2.05, 4.69) is 20.3 Å². The zero-order valence-electron chi connectivity index (χ0n) is 17.4. The molecule has 1 unspecified atom stereocenters. The Morgan fingerprint density at radius 3 is 2.81 bits per heavy atom. The molecule has 0 bridgehead atoms. The number of aromatic amines is 1. The number of amides is 1. The standard InChI is InChI=1S/C24H20F2N4O2/c1-12-10-29-23-20(12)15(7-8-27-23)17-5-3-14(11-28-17)24(31)30-18-9-13(2)32-19-6-4-16(25)22(26)21(18)19/h3-8,10-11,13,18H,9H2,1-2H3,(H,27,29)(H,30,31)/t13-,18?/m0/s1. The van der Waals surface area contributed by atoms with Gasteiger partial charge in [0.25, 0.3) is 5.91 Å². The number of fused-ring (bicyclic) bond motifs is 2. The first-order chi connectivity index (χ1) is 15.4. The van der Waals surface area contributed by atoms with E-state index in [0.29, 0.717) is 17.7 Å². The lowest BCUT2D eigenvalue weighted by molar-refractivity contribution is 0.0903.